The van der Waals surface area contributed by atoms with E-state index in [2.05, 4.69) is 20.3 Å². The summed E-state index contributed by atoms with van der Waals surface area (Å²) in [5, 5.41) is 21.4. The maximum Gasteiger partial charge on any atom is 0.301 e. The van der Waals surface area contributed by atoms with Gasteiger partial charge in [0.25, 0.3) is 0 Å². The van der Waals surface area contributed by atoms with Crippen molar-refractivity contribution >= 4 is 17.6 Å². The summed E-state index contributed by atoms with van der Waals surface area (Å²) in [6.45, 7) is -1.73. The van der Waals surface area contributed by atoms with E-state index in [1.165, 1.54) is 18.5 Å². The van der Waals surface area contributed by atoms with Gasteiger partial charge in [-0.15, -0.1) is 0 Å². The Bertz CT molecular complexity index is 1450. The van der Waals surface area contributed by atoms with Crippen LogP contribution >= 0.6 is 0 Å². The van der Waals surface area contributed by atoms with Crippen molar-refractivity contribution in [3.8, 4) is 23.1 Å². The van der Waals surface area contributed by atoms with Crippen molar-refractivity contribution in [1.82, 2.24) is 24.4 Å². The number of aliphatic hydroxyl groups excluding tert-OH is 1. The number of rotatable bonds is 7. The average molecular weight is 538 g/mol. The summed E-state index contributed by atoms with van der Waals surface area (Å²) in [6, 6.07) is 7.98. The summed E-state index contributed by atoms with van der Waals surface area (Å²) in [7, 11) is 1.88. The second-order valence-electron chi connectivity index (χ2n) is 9.58. The summed E-state index contributed by atoms with van der Waals surface area (Å²) in [4.78, 5) is 37.9. The van der Waals surface area contributed by atoms with Gasteiger partial charge < -0.3 is 24.6 Å². The summed E-state index contributed by atoms with van der Waals surface area (Å²) < 4.78 is 36.8. The van der Waals surface area contributed by atoms with Gasteiger partial charge in [0, 0.05) is 55.9 Å². The van der Waals surface area contributed by atoms with Gasteiger partial charge in [-0.25, -0.2) is 23.7 Å². The first kappa shape index (κ1) is 26.2. The highest BCUT2D eigenvalue weighted by molar-refractivity contribution is 5.94. The van der Waals surface area contributed by atoms with Crippen LogP contribution in [-0.4, -0.2) is 73.1 Å². The molecule has 1 aromatic carbocycles. The number of hydrogen-bond donors (Lipinski definition) is 2. The third kappa shape index (κ3) is 5.42. The van der Waals surface area contributed by atoms with E-state index < -0.39 is 31.1 Å². The number of halogens is 2. The van der Waals surface area contributed by atoms with Gasteiger partial charge in [-0.3, -0.25) is 9.59 Å². The zero-order valence-electron chi connectivity index (χ0n) is 20.9. The van der Waals surface area contributed by atoms with E-state index in [-0.39, 0.29) is 47.8 Å². The molecule has 2 aliphatic rings. The summed E-state index contributed by atoms with van der Waals surface area (Å²) in [6.07, 6.45) is 3.80. The summed E-state index contributed by atoms with van der Waals surface area (Å²) >= 11 is 0. The van der Waals surface area contributed by atoms with Crippen molar-refractivity contribution in [2.75, 3.05) is 25.0 Å². The van der Waals surface area contributed by atoms with Crippen molar-refractivity contribution in [3.63, 3.8) is 0 Å². The molecule has 5 rings (SSSR count). The minimum atomic E-state index is -3.37. The lowest BCUT2D eigenvalue weighted by Gasteiger charge is -2.38. The summed E-state index contributed by atoms with van der Waals surface area (Å²) in [5.41, 5.74) is 0.947. The highest BCUT2D eigenvalue weighted by Crippen LogP contribution is 2.47. The van der Waals surface area contributed by atoms with Gasteiger partial charge in [-0.1, -0.05) is 0 Å². The zero-order valence-corrected chi connectivity index (χ0v) is 20.9. The number of alkyl halides is 2. The first-order chi connectivity index (χ1) is 18.7. The largest absolute Gasteiger partial charge is 0.483 e. The van der Waals surface area contributed by atoms with Crippen molar-refractivity contribution < 1.29 is 28.2 Å². The van der Waals surface area contributed by atoms with E-state index >= 15 is 0 Å². The lowest BCUT2D eigenvalue weighted by molar-refractivity contribution is -0.161. The molecular weight excluding hydrogens is 512 g/mol. The lowest BCUT2D eigenvalue weighted by Crippen LogP contribution is -2.55. The first-order valence-electron chi connectivity index (χ1n) is 12.3. The molecule has 2 aromatic heterocycles. The molecule has 39 heavy (non-hydrogen) atoms. The molecule has 1 saturated heterocycles. The summed E-state index contributed by atoms with van der Waals surface area (Å²) in [5.74, 6) is -3.37. The van der Waals surface area contributed by atoms with Gasteiger partial charge in [0.1, 0.15) is 36.4 Å². The van der Waals surface area contributed by atoms with E-state index in [4.69, 9.17) is 9.84 Å². The minimum absolute atomic E-state index is 0.00163. The number of piperidine rings is 1. The molecule has 0 bridgehead atoms. The van der Waals surface area contributed by atoms with Crippen molar-refractivity contribution in [2.45, 2.75) is 30.8 Å². The number of carbonyl (C=O) groups excluding carboxylic acids is 2. The van der Waals surface area contributed by atoms with E-state index in [1.807, 2.05) is 23.9 Å². The Kier molecular flexibility index (Phi) is 6.96. The third-order valence-corrected chi connectivity index (χ3v) is 6.92. The Balaban J connectivity index is 1.27. The van der Waals surface area contributed by atoms with E-state index in [9.17, 15) is 23.6 Å². The molecule has 11 nitrogen and oxygen atoms in total. The predicted octanol–water partition coefficient (Wildman–Crippen LogP) is 2.10. The van der Waals surface area contributed by atoms with Crippen LogP contribution in [0.15, 0.2) is 43.0 Å². The molecule has 1 aliphatic carbocycles. The molecule has 1 aliphatic heterocycles. The highest BCUT2D eigenvalue weighted by atomic mass is 19.3. The Labute approximate surface area is 222 Å². The molecule has 13 heteroatoms. The maximum atomic E-state index is 14.7. The van der Waals surface area contributed by atoms with E-state index in [1.54, 1.807) is 18.3 Å². The van der Waals surface area contributed by atoms with Crippen molar-refractivity contribution in [1.29, 1.82) is 5.26 Å². The molecule has 2 fully saturated rings. The zero-order chi connectivity index (χ0) is 27.7. The Morgan fingerprint density at radius 1 is 1.28 bits per heavy atom. The number of nitriles is 1. The van der Waals surface area contributed by atoms with Crippen LogP contribution in [0.25, 0.3) is 11.3 Å². The number of nitrogens with one attached hydrogen (secondary N) is 1. The number of amides is 2. The van der Waals surface area contributed by atoms with Crippen molar-refractivity contribution in [3.05, 3.63) is 54.4 Å². The molecule has 3 aromatic rings. The smallest absolute Gasteiger partial charge is 0.301 e. The molecule has 3 atom stereocenters. The van der Waals surface area contributed by atoms with Gasteiger partial charge in [0.15, 0.2) is 6.10 Å². The van der Waals surface area contributed by atoms with Crippen LogP contribution in [0.3, 0.4) is 0 Å². The number of benzene rings is 1. The Morgan fingerprint density at radius 3 is 2.79 bits per heavy atom. The monoisotopic (exact) mass is 537 g/mol. The number of aliphatic hydroxyl groups is 1. The van der Waals surface area contributed by atoms with Gasteiger partial charge in [-0.05, 0) is 24.6 Å². The second kappa shape index (κ2) is 10.4. The molecule has 0 spiro atoms. The number of imidazole rings is 1. The fourth-order valence-electron chi connectivity index (χ4n) is 4.72. The van der Waals surface area contributed by atoms with Crippen LogP contribution in [0.4, 0.5) is 14.6 Å². The van der Waals surface area contributed by atoms with Gasteiger partial charge in [-0.2, -0.15) is 5.26 Å². The van der Waals surface area contributed by atoms with Crippen LogP contribution in [0, 0.1) is 17.2 Å². The van der Waals surface area contributed by atoms with Crippen molar-refractivity contribution in [2.24, 2.45) is 13.0 Å². The second-order valence-corrected chi connectivity index (χ2v) is 9.58. The normalized spacial score (nSPS) is 21.6. The van der Waals surface area contributed by atoms with Crippen LogP contribution in [0.1, 0.15) is 30.1 Å². The lowest BCUT2D eigenvalue weighted by atomic mass is 10.0. The molecular formula is C26H25F2N7O4. The Hall–Kier alpha value is -4.44. The Morgan fingerprint density at radius 2 is 2.10 bits per heavy atom. The molecule has 0 unspecified atom stereocenters. The number of carbonyl (C=O) groups is 2. The van der Waals surface area contributed by atoms with Gasteiger partial charge in [0.05, 0.1) is 17.8 Å². The standard InChI is InChI=1S/C26H25F2N7O4/c1-34-7-5-30-24(34)17-9-18(17)25(38)33-22-10-19(31-14-32-22)15-2-3-20(16(8-15)11-29)39-21-4-6-35(23(37)12-36)13-26(21,27)28/h2-3,5,7-8,10,14,17-18,21,36H,4,6,9,12-13H2,1H3,(H,31,32,33,38)/t17-,18-,21+/m1/s1. The topological polar surface area (TPSA) is 146 Å². The van der Waals surface area contributed by atoms with E-state index in [0.717, 1.165) is 10.7 Å². The van der Waals surface area contributed by atoms with Gasteiger partial charge >= 0.3 is 5.92 Å². The molecule has 1 saturated carbocycles. The number of aromatic nitrogens is 4. The average Bonchev–Trinajstić information content (AvgIpc) is 3.61. The SMILES string of the molecule is Cn1ccnc1[C@@H]1C[C@H]1C(=O)Nc1cc(-c2ccc(O[C@H]3CCN(C(=O)CO)CC3(F)F)c(C#N)c2)ncn1. The minimum Gasteiger partial charge on any atom is -0.483 e. The molecule has 202 valence electrons. The fourth-order valence-corrected chi connectivity index (χ4v) is 4.72. The third-order valence-electron chi connectivity index (χ3n) is 6.92. The van der Waals surface area contributed by atoms with E-state index in [0.29, 0.717) is 17.7 Å². The number of anilines is 1. The molecule has 2 amide bonds. The number of nitrogens with zero attached hydrogens (tertiary/aromatic N) is 6. The number of aryl methyl sites for hydroxylation is 1. The van der Waals surface area contributed by atoms with Crippen LogP contribution in [-0.2, 0) is 16.6 Å². The number of ether oxygens (including phenoxy) is 1. The fraction of sp³-hybridized carbons (Fsp3) is 0.385. The van der Waals surface area contributed by atoms with Crippen LogP contribution < -0.4 is 10.1 Å². The first-order valence-corrected chi connectivity index (χ1v) is 12.3. The maximum absolute atomic E-state index is 14.7. The van der Waals surface area contributed by atoms with Crippen LogP contribution in [0.5, 0.6) is 5.75 Å². The number of hydrogen-bond acceptors (Lipinski definition) is 8. The predicted molar refractivity (Wildman–Crippen MR) is 133 cm³/mol. The van der Waals surface area contributed by atoms with Gasteiger partial charge in [0.2, 0.25) is 11.8 Å². The molecule has 2 N–H and O–H groups in total. The highest BCUT2D eigenvalue weighted by Gasteiger charge is 2.48. The quantitative estimate of drug-likeness (QED) is 0.466. The number of likely N-dealkylation sites (tertiary alicyclic amines) is 1. The van der Waals surface area contributed by atoms with Crippen LogP contribution in [0.2, 0.25) is 0 Å². The molecule has 3 heterocycles. The molecule has 0 radical (unpaired) electrons.